The minimum absolute atomic E-state index is 0.292. The summed E-state index contributed by atoms with van der Waals surface area (Å²) in [6, 6.07) is 0. The Bertz CT molecular complexity index is 104. The molecule has 5 heteroatoms. The molecule has 0 heterocycles. The van der Waals surface area contributed by atoms with E-state index in [1.54, 1.807) is 6.92 Å². The highest BCUT2D eigenvalue weighted by Gasteiger charge is 2.25. The van der Waals surface area contributed by atoms with Gasteiger partial charge in [-0.2, -0.15) is 0 Å². The van der Waals surface area contributed by atoms with Crippen LogP contribution in [0, 0.1) is 0 Å². The summed E-state index contributed by atoms with van der Waals surface area (Å²) in [4.78, 5) is 0. The molecule has 2 unspecified atom stereocenters. The molecule has 3 N–H and O–H groups in total. The van der Waals surface area contributed by atoms with Crippen molar-refractivity contribution in [1.29, 1.82) is 0 Å². The van der Waals surface area contributed by atoms with Crippen molar-refractivity contribution in [2.75, 3.05) is 20.3 Å². The zero-order valence-corrected chi connectivity index (χ0v) is 7.30. The average Bonchev–Trinajstić information content (AvgIpc) is 2.07. The molecule has 0 amide bonds. The highest BCUT2D eigenvalue weighted by molar-refractivity contribution is 4.69. The Balaban J connectivity index is 3.87. The molecule has 0 saturated heterocycles. The van der Waals surface area contributed by atoms with Gasteiger partial charge in [0.05, 0.1) is 6.61 Å². The van der Waals surface area contributed by atoms with Gasteiger partial charge in [0, 0.05) is 13.7 Å². The van der Waals surface area contributed by atoms with E-state index in [1.807, 2.05) is 0 Å². The Kier molecular flexibility index (Phi) is 6.23. The molecule has 5 nitrogen and oxygen atoms in total. The maximum Gasteiger partial charge on any atom is 0.183 e. The molecule has 0 bridgehead atoms. The molecule has 0 aliphatic heterocycles. The molecule has 0 spiro atoms. The van der Waals surface area contributed by atoms with Crippen molar-refractivity contribution in [3.8, 4) is 0 Å². The second-order valence-corrected chi connectivity index (χ2v) is 2.29. The standard InChI is InChI=1S/C7H16O5/c1-3-12-7(10)6(9)5(4-8)11-2/h5-10H,3-4H2,1-2H3/t5?,6?,7-/m0/s1. The largest absolute Gasteiger partial charge is 0.394 e. The molecule has 0 aromatic rings. The van der Waals surface area contributed by atoms with E-state index in [1.165, 1.54) is 7.11 Å². The summed E-state index contributed by atoms with van der Waals surface area (Å²) >= 11 is 0. The third kappa shape index (κ3) is 3.46. The lowest BCUT2D eigenvalue weighted by Gasteiger charge is -2.23. The fourth-order valence-electron chi connectivity index (χ4n) is 0.775. The van der Waals surface area contributed by atoms with Crippen LogP contribution in [-0.2, 0) is 9.47 Å². The molecule has 0 radical (unpaired) electrons. The molecule has 0 rings (SSSR count). The summed E-state index contributed by atoms with van der Waals surface area (Å²) < 4.78 is 9.39. The maximum atomic E-state index is 9.25. The fourth-order valence-corrected chi connectivity index (χ4v) is 0.775. The molecule has 74 valence electrons. The molecule has 0 aliphatic carbocycles. The lowest BCUT2D eigenvalue weighted by Crippen LogP contribution is -2.42. The van der Waals surface area contributed by atoms with Gasteiger partial charge in [0.15, 0.2) is 6.29 Å². The van der Waals surface area contributed by atoms with Crippen molar-refractivity contribution in [3.63, 3.8) is 0 Å². The Hall–Kier alpha value is -0.200. The molecule has 0 aliphatic rings. The number of methoxy groups -OCH3 is 1. The van der Waals surface area contributed by atoms with Crippen LogP contribution in [0.4, 0.5) is 0 Å². The summed E-state index contributed by atoms with van der Waals surface area (Å²) in [5.74, 6) is 0. The number of aliphatic hydroxyl groups excluding tert-OH is 3. The van der Waals surface area contributed by atoms with Crippen molar-refractivity contribution in [2.45, 2.75) is 25.4 Å². The quantitative estimate of drug-likeness (QED) is 0.443. The first-order valence-corrected chi connectivity index (χ1v) is 3.78. The smallest absolute Gasteiger partial charge is 0.183 e. The molecule has 0 aromatic heterocycles. The van der Waals surface area contributed by atoms with Gasteiger partial charge < -0.3 is 24.8 Å². The third-order valence-corrected chi connectivity index (χ3v) is 1.49. The van der Waals surface area contributed by atoms with Gasteiger partial charge in [-0.15, -0.1) is 0 Å². The van der Waals surface area contributed by atoms with E-state index >= 15 is 0 Å². The van der Waals surface area contributed by atoms with Crippen LogP contribution in [0.1, 0.15) is 6.92 Å². The van der Waals surface area contributed by atoms with Gasteiger partial charge in [-0.25, -0.2) is 0 Å². The van der Waals surface area contributed by atoms with Crippen molar-refractivity contribution in [2.24, 2.45) is 0 Å². The van der Waals surface area contributed by atoms with Gasteiger partial charge in [-0.3, -0.25) is 0 Å². The number of aliphatic hydroxyl groups is 3. The Morgan fingerprint density at radius 1 is 1.33 bits per heavy atom. The fraction of sp³-hybridized carbons (Fsp3) is 1.00. The lowest BCUT2D eigenvalue weighted by molar-refractivity contribution is -0.195. The van der Waals surface area contributed by atoms with Crippen LogP contribution in [0.25, 0.3) is 0 Å². The van der Waals surface area contributed by atoms with E-state index < -0.39 is 18.5 Å². The highest BCUT2D eigenvalue weighted by Crippen LogP contribution is 2.04. The van der Waals surface area contributed by atoms with Crippen LogP contribution in [0.5, 0.6) is 0 Å². The van der Waals surface area contributed by atoms with Gasteiger partial charge in [0.25, 0.3) is 0 Å². The number of hydrogen-bond acceptors (Lipinski definition) is 5. The lowest BCUT2D eigenvalue weighted by atomic mass is 10.2. The monoisotopic (exact) mass is 180 g/mol. The number of ether oxygens (including phenoxy) is 2. The van der Waals surface area contributed by atoms with Crippen LogP contribution < -0.4 is 0 Å². The van der Waals surface area contributed by atoms with Gasteiger partial charge in [0.1, 0.15) is 12.2 Å². The van der Waals surface area contributed by atoms with Crippen LogP contribution >= 0.6 is 0 Å². The van der Waals surface area contributed by atoms with E-state index in [-0.39, 0.29) is 6.61 Å². The highest BCUT2D eigenvalue weighted by atomic mass is 16.6. The van der Waals surface area contributed by atoms with Crippen LogP contribution in [0.15, 0.2) is 0 Å². The number of hydrogen-bond donors (Lipinski definition) is 3. The summed E-state index contributed by atoms with van der Waals surface area (Å²) in [5.41, 5.74) is 0. The molecular weight excluding hydrogens is 164 g/mol. The normalized spacial score (nSPS) is 18.8. The van der Waals surface area contributed by atoms with Gasteiger partial charge in [-0.05, 0) is 6.92 Å². The molecule has 0 saturated carbocycles. The van der Waals surface area contributed by atoms with E-state index in [2.05, 4.69) is 4.74 Å². The SMILES string of the molecule is CCO[C@H](O)C(O)C(CO)OC. The molecule has 12 heavy (non-hydrogen) atoms. The van der Waals surface area contributed by atoms with E-state index in [9.17, 15) is 5.11 Å². The molecule has 0 fully saturated rings. The number of rotatable bonds is 6. The zero-order valence-electron chi connectivity index (χ0n) is 7.30. The minimum atomic E-state index is -1.31. The van der Waals surface area contributed by atoms with Gasteiger partial charge >= 0.3 is 0 Å². The Labute approximate surface area is 71.5 Å². The van der Waals surface area contributed by atoms with E-state index in [4.69, 9.17) is 14.9 Å². The van der Waals surface area contributed by atoms with Crippen LogP contribution in [-0.4, -0.2) is 54.1 Å². The summed E-state index contributed by atoms with van der Waals surface area (Å²) in [7, 11) is 1.34. The minimum Gasteiger partial charge on any atom is -0.394 e. The summed E-state index contributed by atoms with van der Waals surface area (Å²) in [6.45, 7) is 1.62. The molecule has 0 aromatic carbocycles. The van der Waals surface area contributed by atoms with Crippen LogP contribution in [0.2, 0.25) is 0 Å². The van der Waals surface area contributed by atoms with Gasteiger partial charge in [0.2, 0.25) is 0 Å². The van der Waals surface area contributed by atoms with E-state index in [0.29, 0.717) is 6.61 Å². The molecular formula is C7H16O5. The van der Waals surface area contributed by atoms with E-state index in [0.717, 1.165) is 0 Å². The van der Waals surface area contributed by atoms with Gasteiger partial charge in [-0.1, -0.05) is 0 Å². The molecule has 3 atom stereocenters. The third-order valence-electron chi connectivity index (χ3n) is 1.49. The predicted molar refractivity (Wildman–Crippen MR) is 41.5 cm³/mol. The maximum absolute atomic E-state index is 9.25. The Morgan fingerprint density at radius 3 is 2.25 bits per heavy atom. The predicted octanol–water partition coefficient (Wildman–Crippen LogP) is -1.29. The van der Waals surface area contributed by atoms with Crippen molar-refractivity contribution in [1.82, 2.24) is 0 Å². The van der Waals surface area contributed by atoms with Crippen molar-refractivity contribution in [3.05, 3.63) is 0 Å². The average molecular weight is 180 g/mol. The van der Waals surface area contributed by atoms with Crippen molar-refractivity contribution >= 4 is 0 Å². The second kappa shape index (κ2) is 6.33. The topological polar surface area (TPSA) is 79.2 Å². The first kappa shape index (κ1) is 11.8. The zero-order chi connectivity index (χ0) is 9.56. The summed E-state index contributed by atoms with van der Waals surface area (Å²) in [6.07, 6.45) is -3.35. The second-order valence-electron chi connectivity index (χ2n) is 2.29. The Morgan fingerprint density at radius 2 is 1.92 bits per heavy atom. The van der Waals surface area contributed by atoms with Crippen LogP contribution in [0.3, 0.4) is 0 Å². The summed E-state index contributed by atoms with van der Waals surface area (Å²) in [5, 5.41) is 27.0. The first-order valence-electron chi connectivity index (χ1n) is 3.78. The van der Waals surface area contributed by atoms with Crippen molar-refractivity contribution < 1.29 is 24.8 Å². The first-order chi connectivity index (χ1) is 5.67.